The second-order valence-electron chi connectivity index (χ2n) is 4.59. The van der Waals surface area contributed by atoms with Crippen molar-refractivity contribution in [2.45, 2.75) is 60.0 Å². The highest BCUT2D eigenvalue weighted by molar-refractivity contribution is 5.74. The van der Waals surface area contributed by atoms with Crippen LogP contribution in [0.15, 0.2) is 0 Å². The van der Waals surface area contributed by atoms with Gasteiger partial charge in [-0.1, -0.05) is 27.7 Å². The van der Waals surface area contributed by atoms with Gasteiger partial charge < -0.3 is 9.64 Å². The molecule has 1 spiro atoms. The maximum atomic E-state index is 11.2. The first-order valence-corrected chi connectivity index (χ1v) is 6.84. The summed E-state index contributed by atoms with van der Waals surface area (Å²) in [6.07, 6.45) is 2.42. The molecule has 0 radical (unpaired) electrons. The molecule has 0 N–H and O–H groups in total. The Morgan fingerprint density at radius 1 is 1.12 bits per heavy atom. The van der Waals surface area contributed by atoms with Gasteiger partial charge in [-0.3, -0.25) is 4.79 Å². The molecular formula is C14H29NO2. The quantitative estimate of drug-likeness (QED) is 0.708. The molecule has 1 aliphatic carbocycles. The first-order chi connectivity index (χ1) is 8.03. The standard InChI is InChI=1S/C10H17NO2.2C2H6/c1-8(12)11-6-9(2,13-3)10(7-11)4-5-10;2*1-2/h4-7H2,1-3H3;2*1-2H3. The van der Waals surface area contributed by atoms with Crippen LogP contribution in [0.4, 0.5) is 0 Å². The Hall–Kier alpha value is -0.570. The van der Waals surface area contributed by atoms with Gasteiger partial charge in [0, 0.05) is 32.5 Å². The molecule has 0 aromatic rings. The van der Waals surface area contributed by atoms with E-state index in [1.165, 1.54) is 12.8 Å². The van der Waals surface area contributed by atoms with Crippen LogP contribution in [-0.2, 0) is 9.53 Å². The number of hydrogen-bond donors (Lipinski definition) is 0. The fraction of sp³-hybridized carbons (Fsp3) is 0.929. The number of rotatable bonds is 1. The summed E-state index contributed by atoms with van der Waals surface area (Å²) in [6.45, 7) is 13.4. The topological polar surface area (TPSA) is 29.5 Å². The largest absolute Gasteiger partial charge is 0.376 e. The van der Waals surface area contributed by atoms with Crippen molar-refractivity contribution < 1.29 is 9.53 Å². The Morgan fingerprint density at radius 3 is 1.82 bits per heavy atom. The zero-order chi connectivity index (χ0) is 13.7. The van der Waals surface area contributed by atoms with Crippen LogP contribution in [-0.4, -0.2) is 36.6 Å². The maximum absolute atomic E-state index is 11.2. The van der Waals surface area contributed by atoms with Gasteiger partial charge >= 0.3 is 0 Å². The van der Waals surface area contributed by atoms with Gasteiger partial charge in [-0.2, -0.15) is 0 Å². The van der Waals surface area contributed by atoms with Crippen molar-refractivity contribution >= 4 is 5.91 Å². The van der Waals surface area contributed by atoms with Crippen LogP contribution in [0.2, 0.25) is 0 Å². The summed E-state index contributed by atoms with van der Waals surface area (Å²) in [7, 11) is 1.75. The lowest BCUT2D eigenvalue weighted by Gasteiger charge is -2.28. The summed E-state index contributed by atoms with van der Waals surface area (Å²) >= 11 is 0. The smallest absolute Gasteiger partial charge is 0.219 e. The molecule has 0 aromatic carbocycles. The van der Waals surface area contributed by atoms with Crippen molar-refractivity contribution in [2.24, 2.45) is 5.41 Å². The van der Waals surface area contributed by atoms with Gasteiger partial charge in [0.15, 0.2) is 0 Å². The molecule has 17 heavy (non-hydrogen) atoms. The summed E-state index contributed by atoms with van der Waals surface area (Å²) in [5, 5.41) is 0. The van der Waals surface area contributed by atoms with Gasteiger partial charge in [-0.25, -0.2) is 0 Å². The minimum absolute atomic E-state index is 0.0985. The van der Waals surface area contributed by atoms with E-state index >= 15 is 0 Å². The summed E-state index contributed by atoms with van der Waals surface area (Å²) in [5.74, 6) is 0.173. The van der Waals surface area contributed by atoms with E-state index in [2.05, 4.69) is 6.92 Å². The number of ether oxygens (including phenoxy) is 1. The zero-order valence-electron chi connectivity index (χ0n) is 12.6. The number of carbonyl (C=O) groups is 1. The van der Waals surface area contributed by atoms with E-state index in [0.717, 1.165) is 13.1 Å². The summed E-state index contributed by atoms with van der Waals surface area (Å²) in [6, 6.07) is 0. The van der Waals surface area contributed by atoms with Crippen LogP contribution in [0, 0.1) is 5.41 Å². The third-order valence-electron chi connectivity index (χ3n) is 3.86. The van der Waals surface area contributed by atoms with Crippen molar-refractivity contribution in [3.63, 3.8) is 0 Å². The van der Waals surface area contributed by atoms with Gasteiger partial charge in [0.05, 0.1) is 5.60 Å². The monoisotopic (exact) mass is 243 g/mol. The average Bonchev–Trinajstić information content (AvgIpc) is 3.07. The first-order valence-electron chi connectivity index (χ1n) is 6.84. The third kappa shape index (κ3) is 3.01. The Balaban J connectivity index is 0.000000581. The Kier molecular flexibility index (Phi) is 6.17. The third-order valence-corrected chi connectivity index (χ3v) is 3.86. The molecule has 1 amide bonds. The number of methoxy groups -OCH3 is 1. The number of amides is 1. The van der Waals surface area contributed by atoms with Crippen molar-refractivity contribution in [1.82, 2.24) is 4.90 Å². The lowest BCUT2D eigenvalue weighted by atomic mass is 9.89. The fourth-order valence-corrected chi connectivity index (χ4v) is 2.46. The van der Waals surface area contributed by atoms with Gasteiger partial charge in [0.25, 0.3) is 0 Å². The van der Waals surface area contributed by atoms with Gasteiger partial charge in [-0.05, 0) is 19.8 Å². The summed E-state index contributed by atoms with van der Waals surface area (Å²) in [4.78, 5) is 13.1. The molecule has 1 aliphatic heterocycles. The predicted octanol–water partition coefficient (Wildman–Crippen LogP) is 3.09. The maximum Gasteiger partial charge on any atom is 0.219 e. The number of carbonyl (C=O) groups excluding carboxylic acids is 1. The first kappa shape index (κ1) is 16.4. The molecule has 3 heteroatoms. The van der Waals surface area contributed by atoms with Gasteiger partial charge in [0.1, 0.15) is 0 Å². The van der Waals surface area contributed by atoms with E-state index in [1.54, 1.807) is 14.0 Å². The van der Waals surface area contributed by atoms with E-state index in [1.807, 2.05) is 32.6 Å². The second kappa shape index (κ2) is 6.39. The lowest BCUT2D eigenvalue weighted by molar-refractivity contribution is -0.128. The lowest BCUT2D eigenvalue weighted by Crippen LogP contribution is -2.38. The zero-order valence-corrected chi connectivity index (χ0v) is 12.6. The summed E-state index contributed by atoms with van der Waals surface area (Å²) < 4.78 is 5.56. The molecule has 2 aliphatic rings. The van der Waals surface area contributed by atoms with Gasteiger partial charge in [-0.15, -0.1) is 0 Å². The average molecular weight is 243 g/mol. The molecular weight excluding hydrogens is 214 g/mol. The van der Waals surface area contributed by atoms with Crippen LogP contribution >= 0.6 is 0 Å². The fourth-order valence-electron chi connectivity index (χ4n) is 2.46. The number of hydrogen-bond acceptors (Lipinski definition) is 2. The number of nitrogens with zero attached hydrogens (tertiary/aromatic N) is 1. The van der Waals surface area contributed by atoms with Crippen molar-refractivity contribution in [3.8, 4) is 0 Å². The van der Waals surface area contributed by atoms with Crippen molar-refractivity contribution in [2.75, 3.05) is 20.2 Å². The second-order valence-corrected chi connectivity index (χ2v) is 4.59. The van der Waals surface area contributed by atoms with Crippen LogP contribution in [0.3, 0.4) is 0 Å². The molecule has 1 atom stereocenters. The van der Waals surface area contributed by atoms with E-state index in [9.17, 15) is 4.79 Å². The minimum atomic E-state index is -0.0985. The highest BCUT2D eigenvalue weighted by atomic mass is 16.5. The molecule has 1 saturated heterocycles. The molecule has 1 unspecified atom stereocenters. The van der Waals surface area contributed by atoms with E-state index in [-0.39, 0.29) is 16.9 Å². The molecule has 0 aromatic heterocycles. The Labute approximate surface area is 107 Å². The molecule has 2 fully saturated rings. The van der Waals surface area contributed by atoms with E-state index in [0.29, 0.717) is 0 Å². The van der Waals surface area contributed by atoms with E-state index in [4.69, 9.17) is 4.74 Å². The van der Waals surface area contributed by atoms with Crippen LogP contribution in [0.5, 0.6) is 0 Å². The Bertz CT molecular complexity index is 249. The SMILES string of the molecule is CC.CC.COC1(C)CN(C(C)=O)CC12CC2. The molecule has 102 valence electrons. The normalized spacial score (nSPS) is 27.8. The minimum Gasteiger partial charge on any atom is -0.376 e. The van der Waals surface area contributed by atoms with Gasteiger partial charge in [0.2, 0.25) is 5.91 Å². The molecule has 3 nitrogen and oxygen atoms in total. The van der Waals surface area contributed by atoms with Crippen LogP contribution in [0.1, 0.15) is 54.4 Å². The highest BCUT2D eigenvalue weighted by Crippen LogP contribution is 2.59. The summed E-state index contributed by atoms with van der Waals surface area (Å²) in [5.41, 5.74) is 0.187. The highest BCUT2D eigenvalue weighted by Gasteiger charge is 2.63. The predicted molar refractivity (Wildman–Crippen MR) is 72.0 cm³/mol. The van der Waals surface area contributed by atoms with Crippen LogP contribution in [0.25, 0.3) is 0 Å². The van der Waals surface area contributed by atoms with E-state index < -0.39 is 0 Å². The Morgan fingerprint density at radius 2 is 1.59 bits per heavy atom. The number of likely N-dealkylation sites (tertiary alicyclic amines) is 1. The molecule has 0 bridgehead atoms. The molecule has 2 rings (SSSR count). The van der Waals surface area contributed by atoms with Crippen molar-refractivity contribution in [3.05, 3.63) is 0 Å². The molecule has 1 saturated carbocycles. The molecule has 1 heterocycles. The van der Waals surface area contributed by atoms with Crippen molar-refractivity contribution in [1.29, 1.82) is 0 Å². The van der Waals surface area contributed by atoms with Crippen LogP contribution < -0.4 is 0 Å².